The van der Waals surface area contributed by atoms with E-state index in [2.05, 4.69) is 65.1 Å². The van der Waals surface area contributed by atoms with E-state index in [0.717, 1.165) is 12.5 Å². The summed E-state index contributed by atoms with van der Waals surface area (Å²) in [6.45, 7) is 10.1. The first-order valence-electron chi connectivity index (χ1n) is 8.43. The molecule has 118 valence electrons. The lowest BCUT2D eigenvalue weighted by Crippen LogP contribution is -2.33. The number of halogens is 1. The second kappa shape index (κ2) is 8.19. The maximum Gasteiger partial charge on any atom is 0.0510 e. The van der Waals surface area contributed by atoms with Crippen molar-refractivity contribution in [3.05, 3.63) is 28.2 Å². The van der Waals surface area contributed by atoms with Crippen molar-refractivity contribution in [2.75, 3.05) is 24.5 Å². The molecule has 0 radical (unpaired) electrons. The Hall–Kier alpha value is -0.540. The molecule has 1 aliphatic rings. The SMILES string of the molecule is CCCC1CCN(c2ccc(C(C)NCC)cc2Br)CC1. The van der Waals surface area contributed by atoms with E-state index in [9.17, 15) is 0 Å². The number of hydrogen-bond donors (Lipinski definition) is 1. The van der Waals surface area contributed by atoms with Crippen molar-refractivity contribution >= 4 is 21.6 Å². The van der Waals surface area contributed by atoms with Crippen molar-refractivity contribution in [3.63, 3.8) is 0 Å². The molecule has 3 heteroatoms. The van der Waals surface area contributed by atoms with E-state index in [1.807, 2.05) is 0 Å². The first-order valence-corrected chi connectivity index (χ1v) is 9.22. The molecule has 0 bridgehead atoms. The Labute approximate surface area is 138 Å². The van der Waals surface area contributed by atoms with Crippen LogP contribution in [0, 0.1) is 5.92 Å². The molecule has 1 saturated heterocycles. The van der Waals surface area contributed by atoms with Gasteiger partial charge in [0.2, 0.25) is 0 Å². The molecule has 0 spiro atoms. The number of benzene rings is 1. The minimum atomic E-state index is 0.413. The van der Waals surface area contributed by atoms with Crippen LogP contribution < -0.4 is 10.2 Å². The van der Waals surface area contributed by atoms with Crippen molar-refractivity contribution < 1.29 is 0 Å². The first-order chi connectivity index (χ1) is 10.2. The van der Waals surface area contributed by atoms with Crippen LogP contribution in [0.1, 0.15) is 58.1 Å². The summed E-state index contributed by atoms with van der Waals surface area (Å²) in [7, 11) is 0. The molecule has 0 aliphatic carbocycles. The molecular formula is C18H29BrN2. The highest BCUT2D eigenvalue weighted by Crippen LogP contribution is 2.33. The zero-order valence-electron chi connectivity index (χ0n) is 13.7. The molecule has 1 aromatic carbocycles. The smallest absolute Gasteiger partial charge is 0.0510 e. The van der Waals surface area contributed by atoms with E-state index in [-0.39, 0.29) is 0 Å². The highest BCUT2D eigenvalue weighted by Gasteiger charge is 2.20. The minimum absolute atomic E-state index is 0.413. The summed E-state index contributed by atoms with van der Waals surface area (Å²) in [6.07, 6.45) is 5.41. The monoisotopic (exact) mass is 352 g/mol. The van der Waals surface area contributed by atoms with Crippen LogP contribution in [-0.4, -0.2) is 19.6 Å². The lowest BCUT2D eigenvalue weighted by atomic mass is 9.92. The molecule has 2 nitrogen and oxygen atoms in total. The Morgan fingerprint density at radius 1 is 1.29 bits per heavy atom. The Kier molecular flexibility index (Phi) is 6.56. The molecule has 1 N–H and O–H groups in total. The third-order valence-electron chi connectivity index (χ3n) is 4.63. The molecule has 0 saturated carbocycles. The molecular weight excluding hydrogens is 324 g/mol. The second-order valence-corrected chi connectivity index (χ2v) is 7.06. The Morgan fingerprint density at radius 3 is 2.57 bits per heavy atom. The van der Waals surface area contributed by atoms with Gasteiger partial charge in [-0.05, 0) is 65.9 Å². The minimum Gasteiger partial charge on any atom is -0.371 e. The van der Waals surface area contributed by atoms with E-state index in [0.29, 0.717) is 6.04 Å². The molecule has 1 unspecified atom stereocenters. The van der Waals surface area contributed by atoms with Gasteiger partial charge in [-0.2, -0.15) is 0 Å². The van der Waals surface area contributed by atoms with Gasteiger partial charge in [-0.25, -0.2) is 0 Å². The van der Waals surface area contributed by atoms with Crippen LogP contribution in [0.2, 0.25) is 0 Å². The van der Waals surface area contributed by atoms with E-state index < -0.39 is 0 Å². The normalized spacial score (nSPS) is 18.0. The summed E-state index contributed by atoms with van der Waals surface area (Å²) >= 11 is 3.78. The highest BCUT2D eigenvalue weighted by atomic mass is 79.9. The predicted octanol–water partition coefficient (Wildman–Crippen LogP) is 5.14. The largest absolute Gasteiger partial charge is 0.371 e. The van der Waals surface area contributed by atoms with Gasteiger partial charge < -0.3 is 10.2 Å². The first kappa shape index (κ1) is 16.8. The molecule has 1 fully saturated rings. The van der Waals surface area contributed by atoms with Crippen LogP contribution >= 0.6 is 15.9 Å². The molecule has 1 atom stereocenters. The number of piperidine rings is 1. The number of rotatable bonds is 6. The molecule has 1 aliphatic heterocycles. The Balaban J connectivity index is 2.01. The standard InChI is InChI=1S/C18H29BrN2/c1-4-6-15-9-11-21(12-10-15)18-8-7-16(13-17(18)19)14(3)20-5-2/h7-8,13-15,20H,4-6,9-12H2,1-3H3. The van der Waals surface area contributed by atoms with Gasteiger partial charge in [0, 0.05) is 23.6 Å². The molecule has 0 aromatic heterocycles. The molecule has 21 heavy (non-hydrogen) atoms. The molecule has 1 heterocycles. The summed E-state index contributed by atoms with van der Waals surface area (Å²) in [6, 6.07) is 7.25. The number of anilines is 1. The van der Waals surface area contributed by atoms with Gasteiger partial charge in [0.05, 0.1) is 5.69 Å². The Morgan fingerprint density at radius 2 is 2.00 bits per heavy atom. The van der Waals surface area contributed by atoms with E-state index >= 15 is 0 Å². The summed E-state index contributed by atoms with van der Waals surface area (Å²) in [5.74, 6) is 0.943. The quantitative estimate of drug-likeness (QED) is 0.762. The lowest BCUT2D eigenvalue weighted by molar-refractivity contribution is 0.378. The number of hydrogen-bond acceptors (Lipinski definition) is 2. The summed E-state index contributed by atoms with van der Waals surface area (Å²) in [5, 5.41) is 3.47. The maximum absolute atomic E-state index is 3.78. The van der Waals surface area contributed by atoms with E-state index in [1.165, 1.54) is 54.5 Å². The maximum atomic E-state index is 3.78. The fourth-order valence-corrected chi connectivity index (χ4v) is 3.99. The van der Waals surface area contributed by atoms with Crippen LogP contribution in [0.5, 0.6) is 0 Å². The molecule has 2 rings (SSSR count). The van der Waals surface area contributed by atoms with Crippen molar-refractivity contribution in [1.29, 1.82) is 0 Å². The van der Waals surface area contributed by atoms with Crippen molar-refractivity contribution in [3.8, 4) is 0 Å². The van der Waals surface area contributed by atoms with Crippen LogP contribution in [0.4, 0.5) is 5.69 Å². The predicted molar refractivity (Wildman–Crippen MR) is 96.1 cm³/mol. The van der Waals surface area contributed by atoms with Gasteiger partial charge in [-0.15, -0.1) is 0 Å². The van der Waals surface area contributed by atoms with E-state index in [4.69, 9.17) is 0 Å². The van der Waals surface area contributed by atoms with Gasteiger partial charge >= 0.3 is 0 Å². The van der Waals surface area contributed by atoms with Gasteiger partial charge in [0.25, 0.3) is 0 Å². The Bertz CT molecular complexity index is 439. The average molecular weight is 353 g/mol. The summed E-state index contributed by atoms with van der Waals surface area (Å²) < 4.78 is 1.23. The van der Waals surface area contributed by atoms with Crippen LogP contribution in [0.3, 0.4) is 0 Å². The second-order valence-electron chi connectivity index (χ2n) is 6.21. The van der Waals surface area contributed by atoms with Crippen molar-refractivity contribution in [2.45, 2.75) is 52.5 Å². The fraction of sp³-hybridized carbons (Fsp3) is 0.667. The number of nitrogens with zero attached hydrogens (tertiary/aromatic N) is 1. The van der Waals surface area contributed by atoms with Gasteiger partial charge in [0.15, 0.2) is 0 Å². The van der Waals surface area contributed by atoms with Crippen LogP contribution in [0.25, 0.3) is 0 Å². The number of nitrogens with one attached hydrogen (secondary N) is 1. The lowest BCUT2D eigenvalue weighted by Gasteiger charge is -2.34. The summed E-state index contributed by atoms with van der Waals surface area (Å²) in [5.41, 5.74) is 2.71. The van der Waals surface area contributed by atoms with E-state index in [1.54, 1.807) is 0 Å². The van der Waals surface area contributed by atoms with Gasteiger partial charge in [-0.1, -0.05) is 32.8 Å². The zero-order chi connectivity index (χ0) is 15.2. The fourth-order valence-electron chi connectivity index (χ4n) is 3.34. The summed E-state index contributed by atoms with van der Waals surface area (Å²) in [4.78, 5) is 2.54. The molecule has 0 amide bonds. The van der Waals surface area contributed by atoms with Crippen molar-refractivity contribution in [2.24, 2.45) is 5.92 Å². The van der Waals surface area contributed by atoms with Crippen LogP contribution in [-0.2, 0) is 0 Å². The topological polar surface area (TPSA) is 15.3 Å². The van der Waals surface area contributed by atoms with Crippen LogP contribution in [0.15, 0.2) is 22.7 Å². The van der Waals surface area contributed by atoms with Crippen molar-refractivity contribution in [1.82, 2.24) is 5.32 Å². The van der Waals surface area contributed by atoms with Gasteiger partial charge in [-0.3, -0.25) is 0 Å². The third-order valence-corrected chi connectivity index (χ3v) is 5.27. The molecule has 1 aromatic rings. The van der Waals surface area contributed by atoms with Gasteiger partial charge in [0.1, 0.15) is 0 Å². The third kappa shape index (κ3) is 4.46. The zero-order valence-corrected chi connectivity index (χ0v) is 15.2. The highest BCUT2D eigenvalue weighted by molar-refractivity contribution is 9.10. The average Bonchev–Trinajstić information content (AvgIpc) is 2.49.